The number of carbonyl (C=O) groups excluding carboxylic acids is 1. The first kappa shape index (κ1) is 17.9. The molecule has 6 nitrogen and oxygen atoms in total. The summed E-state index contributed by atoms with van der Waals surface area (Å²) >= 11 is 6.49. The smallest absolute Gasteiger partial charge is 0.343 e. The number of para-hydroxylation sites is 1. The van der Waals surface area contributed by atoms with Crippen molar-refractivity contribution in [2.45, 2.75) is 20.8 Å². The molecule has 0 unspecified atom stereocenters. The fourth-order valence-corrected chi connectivity index (χ4v) is 3.02. The molecule has 2 heterocycles. The number of aromatic nitrogens is 2. The molecular formula is C19H18ClN3O3. The minimum absolute atomic E-state index is 0.0716. The van der Waals surface area contributed by atoms with Crippen molar-refractivity contribution in [2.24, 2.45) is 4.99 Å². The predicted molar refractivity (Wildman–Crippen MR) is 101 cm³/mol. The van der Waals surface area contributed by atoms with Crippen LogP contribution in [-0.4, -0.2) is 33.2 Å². The standard InChI is InChI=1S/C19H18ClN3O3/c1-4-26-19(25)16-12(3)21-15(17(16)24)10-14-11(2)22-23(18(14)20)13-8-6-5-7-9-13/h5-10,24H,4H2,1-3H3/b15-10+. The van der Waals surface area contributed by atoms with E-state index in [4.69, 9.17) is 16.3 Å². The number of nitrogens with zero attached hydrogens (tertiary/aromatic N) is 3. The highest BCUT2D eigenvalue weighted by atomic mass is 35.5. The lowest BCUT2D eigenvalue weighted by Gasteiger charge is -2.03. The first-order valence-electron chi connectivity index (χ1n) is 8.12. The summed E-state index contributed by atoms with van der Waals surface area (Å²) in [4.78, 5) is 16.3. The molecule has 1 N–H and O–H groups in total. The molecule has 0 amide bonds. The fourth-order valence-electron chi connectivity index (χ4n) is 2.69. The Morgan fingerprint density at radius 2 is 2.00 bits per heavy atom. The summed E-state index contributed by atoms with van der Waals surface area (Å²) in [5, 5.41) is 15.3. The molecule has 1 aliphatic rings. The van der Waals surface area contributed by atoms with Gasteiger partial charge in [0.2, 0.25) is 0 Å². The number of ether oxygens (including phenoxy) is 1. The van der Waals surface area contributed by atoms with Crippen LogP contribution < -0.4 is 0 Å². The van der Waals surface area contributed by atoms with Gasteiger partial charge in [-0.2, -0.15) is 5.10 Å². The van der Waals surface area contributed by atoms with Crippen molar-refractivity contribution in [3.63, 3.8) is 0 Å². The van der Waals surface area contributed by atoms with E-state index < -0.39 is 5.97 Å². The second-order valence-electron chi connectivity index (χ2n) is 5.71. The van der Waals surface area contributed by atoms with E-state index in [1.54, 1.807) is 24.6 Å². The maximum atomic E-state index is 12.0. The van der Waals surface area contributed by atoms with E-state index in [9.17, 15) is 9.90 Å². The number of aliphatic imine (C=N–C) groups is 1. The van der Waals surface area contributed by atoms with Crippen LogP contribution in [0.25, 0.3) is 11.8 Å². The number of hydrogen-bond donors (Lipinski definition) is 1. The molecule has 0 saturated carbocycles. The third-order valence-electron chi connectivity index (χ3n) is 3.94. The summed E-state index contributed by atoms with van der Waals surface area (Å²) in [6, 6.07) is 9.48. The van der Waals surface area contributed by atoms with Gasteiger partial charge in [-0.15, -0.1) is 0 Å². The Hall–Kier alpha value is -2.86. The number of aryl methyl sites for hydroxylation is 1. The zero-order valence-corrected chi connectivity index (χ0v) is 15.4. The molecule has 26 heavy (non-hydrogen) atoms. The van der Waals surface area contributed by atoms with Crippen LogP contribution in [0.15, 0.2) is 52.4 Å². The minimum atomic E-state index is -0.600. The number of benzene rings is 1. The number of carbonyl (C=O) groups is 1. The Balaban J connectivity index is 2.04. The lowest BCUT2D eigenvalue weighted by Crippen LogP contribution is -2.13. The van der Waals surface area contributed by atoms with Crippen molar-refractivity contribution in [2.75, 3.05) is 6.61 Å². The van der Waals surface area contributed by atoms with Gasteiger partial charge < -0.3 is 9.84 Å². The molecule has 0 radical (unpaired) electrons. The zero-order chi connectivity index (χ0) is 18.8. The van der Waals surface area contributed by atoms with Gasteiger partial charge in [-0.05, 0) is 39.0 Å². The molecule has 0 atom stereocenters. The monoisotopic (exact) mass is 371 g/mol. The molecule has 0 bridgehead atoms. The lowest BCUT2D eigenvalue weighted by atomic mass is 10.1. The van der Waals surface area contributed by atoms with Gasteiger partial charge in [0.05, 0.1) is 23.7 Å². The van der Waals surface area contributed by atoms with E-state index >= 15 is 0 Å². The molecule has 0 spiro atoms. The van der Waals surface area contributed by atoms with Crippen LogP contribution >= 0.6 is 11.6 Å². The molecule has 0 aliphatic carbocycles. The molecule has 3 rings (SSSR count). The Labute approximate surface area is 156 Å². The van der Waals surface area contributed by atoms with Crippen molar-refractivity contribution in [3.05, 3.63) is 63.8 Å². The van der Waals surface area contributed by atoms with Crippen LogP contribution in [0.5, 0.6) is 0 Å². The van der Waals surface area contributed by atoms with E-state index in [0.717, 1.165) is 5.69 Å². The molecule has 0 saturated heterocycles. The highest BCUT2D eigenvalue weighted by Crippen LogP contribution is 2.31. The summed E-state index contributed by atoms with van der Waals surface area (Å²) < 4.78 is 6.58. The predicted octanol–water partition coefficient (Wildman–Crippen LogP) is 4.02. The number of esters is 1. The number of rotatable bonds is 4. The summed E-state index contributed by atoms with van der Waals surface area (Å²) in [5.74, 6) is -0.818. The van der Waals surface area contributed by atoms with Crippen molar-refractivity contribution in [3.8, 4) is 5.69 Å². The van der Waals surface area contributed by atoms with Crippen LogP contribution in [0.2, 0.25) is 5.15 Å². The van der Waals surface area contributed by atoms with Crippen LogP contribution in [0.4, 0.5) is 0 Å². The maximum absolute atomic E-state index is 12.0. The van der Waals surface area contributed by atoms with Gasteiger partial charge in [-0.25, -0.2) is 14.5 Å². The van der Waals surface area contributed by atoms with Gasteiger partial charge in [-0.1, -0.05) is 29.8 Å². The van der Waals surface area contributed by atoms with Crippen LogP contribution in [0.3, 0.4) is 0 Å². The van der Waals surface area contributed by atoms with Gasteiger partial charge in [0.1, 0.15) is 16.4 Å². The first-order valence-corrected chi connectivity index (χ1v) is 8.50. The average Bonchev–Trinajstić information content (AvgIpc) is 3.06. The molecule has 1 aromatic carbocycles. The minimum Gasteiger partial charge on any atom is -0.505 e. The van der Waals surface area contributed by atoms with E-state index in [1.807, 2.05) is 37.3 Å². The third-order valence-corrected chi connectivity index (χ3v) is 4.30. The maximum Gasteiger partial charge on any atom is 0.343 e. The SMILES string of the molecule is CCOC(=O)C1=C(O)/C(=C\c2c(C)nn(-c3ccccc3)c2Cl)N=C1C. The van der Waals surface area contributed by atoms with Crippen molar-refractivity contribution in [1.29, 1.82) is 0 Å². The summed E-state index contributed by atoms with van der Waals surface area (Å²) in [6.07, 6.45) is 1.62. The van der Waals surface area contributed by atoms with Crippen molar-refractivity contribution < 1.29 is 14.6 Å². The van der Waals surface area contributed by atoms with Crippen LogP contribution in [0, 0.1) is 6.92 Å². The number of hydrogen-bond acceptors (Lipinski definition) is 5. The van der Waals surface area contributed by atoms with Crippen LogP contribution in [0.1, 0.15) is 25.1 Å². The Morgan fingerprint density at radius 3 is 2.65 bits per heavy atom. The van der Waals surface area contributed by atoms with Crippen molar-refractivity contribution >= 4 is 29.4 Å². The molecule has 0 fully saturated rings. The second kappa shape index (κ2) is 7.17. The number of halogens is 1. The molecule has 7 heteroatoms. The average molecular weight is 372 g/mol. The van der Waals surface area contributed by atoms with Crippen molar-refractivity contribution in [1.82, 2.24) is 9.78 Å². The highest BCUT2D eigenvalue weighted by Gasteiger charge is 2.28. The van der Waals surface area contributed by atoms with Gasteiger partial charge in [0.15, 0.2) is 5.76 Å². The largest absolute Gasteiger partial charge is 0.505 e. The van der Waals surface area contributed by atoms with Gasteiger partial charge in [0, 0.05) is 5.56 Å². The number of aliphatic hydroxyl groups is 1. The fraction of sp³-hybridized carbons (Fsp3) is 0.211. The highest BCUT2D eigenvalue weighted by molar-refractivity contribution is 6.31. The Morgan fingerprint density at radius 1 is 1.31 bits per heavy atom. The summed E-state index contributed by atoms with van der Waals surface area (Å²) in [6.45, 7) is 5.38. The normalized spacial score (nSPS) is 15.5. The van der Waals surface area contributed by atoms with Gasteiger partial charge in [-0.3, -0.25) is 0 Å². The summed E-state index contributed by atoms with van der Waals surface area (Å²) in [7, 11) is 0. The second-order valence-corrected chi connectivity index (χ2v) is 6.07. The third kappa shape index (κ3) is 3.15. The summed E-state index contributed by atoms with van der Waals surface area (Å²) in [5.41, 5.74) is 2.85. The van der Waals surface area contributed by atoms with E-state index in [0.29, 0.717) is 22.1 Å². The first-order chi connectivity index (χ1) is 12.4. The van der Waals surface area contributed by atoms with Gasteiger partial charge >= 0.3 is 5.97 Å². The Kier molecular flexibility index (Phi) is 4.95. The molecule has 1 aliphatic heterocycles. The quantitative estimate of drug-likeness (QED) is 0.823. The molecular weight excluding hydrogens is 354 g/mol. The molecule has 1 aromatic heterocycles. The van der Waals surface area contributed by atoms with Crippen LogP contribution in [-0.2, 0) is 9.53 Å². The molecule has 134 valence electrons. The number of aliphatic hydroxyl groups excluding tert-OH is 1. The van der Waals surface area contributed by atoms with Gasteiger partial charge in [0.25, 0.3) is 0 Å². The van der Waals surface area contributed by atoms with E-state index in [-0.39, 0.29) is 23.6 Å². The topological polar surface area (TPSA) is 76.7 Å². The lowest BCUT2D eigenvalue weighted by molar-refractivity contribution is -0.138. The van der Waals surface area contributed by atoms with E-state index in [2.05, 4.69) is 10.1 Å². The van der Waals surface area contributed by atoms with E-state index in [1.165, 1.54) is 0 Å². The Bertz CT molecular complexity index is 956. The molecule has 2 aromatic rings. The zero-order valence-electron chi connectivity index (χ0n) is 14.7.